The molecule has 148 valence electrons. The van der Waals surface area contributed by atoms with Gasteiger partial charge in [-0.25, -0.2) is 4.79 Å². The molecular formula is C20H24N4O3S. The van der Waals surface area contributed by atoms with Crippen molar-refractivity contribution in [1.29, 1.82) is 0 Å². The van der Waals surface area contributed by atoms with E-state index in [-0.39, 0.29) is 12.5 Å². The summed E-state index contributed by atoms with van der Waals surface area (Å²) < 4.78 is 11.7. The Balaban J connectivity index is 1.46. The smallest absolute Gasteiger partial charge is 0.319 e. The number of carbonyl (C=O) groups excluding carboxylic acids is 2. The molecule has 0 saturated carbocycles. The van der Waals surface area contributed by atoms with Gasteiger partial charge in [0.25, 0.3) is 0 Å². The third-order valence-electron chi connectivity index (χ3n) is 4.60. The summed E-state index contributed by atoms with van der Waals surface area (Å²) in [5.74, 6) is -0.116. The standard InChI is InChI=1S/C20H24N4O3S/c1-28(27)18-10-6-5-9-17(18)22-20(26)21-15-19(25)24-13-11-23(12-14-24)16-7-3-2-4-8-16/h2-10H,11-15H2,1H3,(H2,21,22,26)/t28-/m1/s1. The lowest BCUT2D eigenvalue weighted by molar-refractivity contribution is -0.130. The van der Waals surface area contributed by atoms with Gasteiger partial charge in [-0.2, -0.15) is 0 Å². The Morgan fingerprint density at radius 3 is 2.29 bits per heavy atom. The highest BCUT2D eigenvalue weighted by molar-refractivity contribution is 7.84. The first-order valence-electron chi connectivity index (χ1n) is 9.09. The normalized spacial score (nSPS) is 15.0. The van der Waals surface area contributed by atoms with Gasteiger partial charge in [0.1, 0.15) is 0 Å². The number of hydrogen-bond donors (Lipinski definition) is 2. The largest absolute Gasteiger partial charge is 0.368 e. The molecule has 0 aliphatic carbocycles. The van der Waals surface area contributed by atoms with Gasteiger partial charge in [-0.1, -0.05) is 30.3 Å². The van der Waals surface area contributed by atoms with Crippen LogP contribution in [0, 0.1) is 0 Å². The molecule has 1 heterocycles. The van der Waals surface area contributed by atoms with Crippen LogP contribution in [-0.4, -0.2) is 60.0 Å². The van der Waals surface area contributed by atoms with Crippen LogP contribution in [0.4, 0.5) is 16.2 Å². The van der Waals surface area contributed by atoms with E-state index >= 15 is 0 Å². The summed E-state index contributed by atoms with van der Waals surface area (Å²) in [6, 6.07) is 16.5. The summed E-state index contributed by atoms with van der Waals surface area (Å²) in [7, 11) is -1.22. The number of amides is 3. The fourth-order valence-electron chi connectivity index (χ4n) is 3.11. The fourth-order valence-corrected chi connectivity index (χ4v) is 3.81. The summed E-state index contributed by atoms with van der Waals surface area (Å²) in [4.78, 5) is 29.0. The van der Waals surface area contributed by atoms with E-state index in [1.807, 2.05) is 18.2 Å². The Morgan fingerprint density at radius 1 is 0.964 bits per heavy atom. The van der Waals surface area contributed by atoms with Gasteiger partial charge in [0.2, 0.25) is 5.91 Å². The summed E-state index contributed by atoms with van der Waals surface area (Å²) in [5, 5.41) is 5.24. The van der Waals surface area contributed by atoms with E-state index in [1.54, 1.807) is 35.4 Å². The number of benzene rings is 2. The van der Waals surface area contributed by atoms with E-state index in [9.17, 15) is 13.8 Å². The van der Waals surface area contributed by atoms with Crippen LogP contribution in [0.2, 0.25) is 0 Å². The van der Waals surface area contributed by atoms with Crippen molar-refractivity contribution < 1.29 is 13.8 Å². The van der Waals surface area contributed by atoms with Crippen molar-refractivity contribution in [2.24, 2.45) is 0 Å². The molecule has 3 amide bonds. The maximum atomic E-state index is 12.4. The van der Waals surface area contributed by atoms with Crippen molar-refractivity contribution in [2.45, 2.75) is 4.90 Å². The highest BCUT2D eigenvalue weighted by atomic mass is 32.2. The van der Waals surface area contributed by atoms with Crippen molar-refractivity contribution in [3.63, 3.8) is 0 Å². The topological polar surface area (TPSA) is 81.8 Å². The maximum absolute atomic E-state index is 12.4. The monoisotopic (exact) mass is 400 g/mol. The summed E-state index contributed by atoms with van der Waals surface area (Å²) >= 11 is 0. The number of para-hydroxylation sites is 2. The molecule has 7 nitrogen and oxygen atoms in total. The molecule has 1 fully saturated rings. The van der Waals surface area contributed by atoms with Crippen molar-refractivity contribution in [2.75, 3.05) is 49.2 Å². The van der Waals surface area contributed by atoms with Crippen LogP contribution in [0.3, 0.4) is 0 Å². The Bertz CT molecular complexity index is 852. The minimum absolute atomic E-state index is 0.0748. The Morgan fingerprint density at radius 2 is 1.61 bits per heavy atom. The molecule has 1 saturated heterocycles. The first-order chi connectivity index (χ1) is 13.5. The first-order valence-corrected chi connectivity index (χ1v) is 10.7. The van der Waals surface area contributed by atoms with Crippen LogP contribution in [0.25, 0.3) is 0 Å². The van der Waals surface area contributed by atoms with Gasteiger partial charge in [-0.15, -0.1) is 0 Å². The Hall–Kier alpha value is -2.87. The van der Waals surface area contributed by atoms with E-state index < -0.39 is 16.8 Å². The van der Waals surface area contributed by atoms with Crippen LogP contribution in [-0.2, 0) is 15.6 Å². The van der Waals surface area contributed by atoms with E-state index in [4.69, 9.17) is 0 Å². The lowest BCUT2D eigenvalue weighted by atomic mass is 10.2. The number of nitrogens with zero attached hydrogens (tertiary/aromatic N) is 2. The van der Waals surface area contributed by atoms with Crippen LogP contribution in [0.5, 0.6) is 0 Å². The van der Waals surface area contributed by atoms with Gasteiger partial charge in [-0.05, 0) is 24.3 Å². The SMILES string of the molecule is C[S@@](=O)c1ccccc1NC(=O)NCC(=O)N1CCN(c2ccccc2)CC1. The number of piperazine rings is 1. The van der Waals surface area contributed by atoms with Gasteiger partial charge >= 0.3 is 6.03 Å². The molecule has 1 atom stereocenters. The van der Waals surface area contributed by atoms with Gasteiger partial charge in [0.05, 0.1) is 27.9 Å². The molecule has 0 spiro atoms. The molecule has 2 aromatic rings. The third-order valence-corrected chi connectivity index (χ3v) is 5.57. The zero-order chi connectivity index (χ0) is 19.9. The molecule has 0 unspecified atom stereocenters. The highest BCUT2D eigenvalue weighted by Gasteiger charge is 2.21. The third kappa shape index (κ3) is 5.10. The number of urea groups is 1. The molecular weight excluding hydrogens is 376 g/mol. The molecule has 0 aromatic heterocycles. The second kappa shape index (κ2) is 9.36. The van der Waals surface area contributed by atoms with Crippen molar-refractivity contribution in [3.8, 4) is 0 Å². The molecule has 3 rings (SSSR count). The van der Waals surface area contributed by atoms with Crippen molar-refractivity contribution >= 4 is 34.1 Å². The number of anilines is 2. The molecule has 0 radical (unpaired) electrons. The van der Waals surface area contributed by atoms with Gasteiger partial charge < -0.3 is 20.4 Å². The number of rotatable bonds is 5. The zero-order valence-electron chi connectivity index (χ0n) is 15.8. The average molecular weight is 401 g/mol. The highest BCUT2D eigenvalue weighted by Crippen LogP contribution is 2.18. The first kappa shape index (κ1) is 19.9. The zero-order valence-corrected chi connectivity index (χ0v) is 16.6. The van der Waals surface area contributed by atoms with E-state index in [0.29, 0.717) is 23.7 Å². The predicted octanol–water partition coefficient (Wildman–Crippen LogP) is 1.89. The second-order valence-electron chi connectivity index (χ2n) is 6.46. The van der Waals surface area contributed by atoms with Crippen LogP contribution in [0.15, 0.2) is 59.5 Å². The van der Waals surface area contributed by atoms with Crippen LogP contribution >= 0.6 is 0 Å². The molecule has 1 aliphatic rings. The van der Waals surface area contributed by atoms with Crippen LogP contribution in [0.1, 0.15) is 0 Å². The van der Waals surface area contributed by atoms with E-state index in [0.717, 1.165) is 18.8 Å². The van der Waals surface area contributed by atoms with E-state index in [2.05, 4.69) is 27.7 Å². The lowest BCUT2D eigenvalue weighted by Gasteiger charge is -2.36. The maximum Gasteiger partial charge on any atom is 0.319 e. The Labute approximate surface area is 167 Å². The molecule has 8 heteroatoms. The van der Waals surface area contributed by atoms with Gasteiger partial charge in [0.15, 0.2) is 0 Å². The van der Waals surface area contributed by atoms with Gasteiger partial charge in [0, 0.05) is 38.1 Å². The fraction of sp³-hybridized carbons (Fsp3) is 0.300. The lowest BCUT2D eigenvalue weighted by Crippen LogP contribution is -2.51. The minimum atomic E-state index is -1.22. The van der Waals surface area contributed by atoms with Crippen LogP contribution < -0.4 is 15.5 Å². The minimum Gasteiger partial charge on any atom is -0.368 e. The van der Waals surface area contributed by atoms with Crippen molar-refractivity contribution in [1.82, 2.24) is 10.2 Å². The number of nitrogens with one attached hydrogen (secondary N) is 2. The molecule has 28 heavy (non-hydrogen) atoms. The quantitative estimate of drug-likeness (QED) is 0.803. The Kier molecular flexibility index (Phi) is 6.65. The van der Waals surface area contributed by atoms with Gasteiger partial charge in [-0.3, -0.25) is 9.00 Å². The molecule has 1 aliphatic heterocycles. The summed E-state index contributed by atoms with van der Waals surface area (Å²) in [6.07, 6.45) is 1.55. The van der Waals surface area contributed by atoms with Crippen molar-refractivity contribution in [3.05, 3.63) is 54.6 Å². The van der Waals surface area contributed by atoms with E-state index in [1.165, 1.54) is 0 Å². The summed E-state index contributed by atoms with van der Waals surface area (Å²) in [6.45, 7) is 2.69. The second-order valence-corrected chi connectivity index (χ2v) is 7.81. The number of hydrogen-bond acceptors (Lipinski definition) is 4. The number of carbonyl (C=O) groups is 2. The summed E-state index contributed by atoms with van der Waals surface area (Å²) in [5.41, 5.74) is 1.63. The molecule has 2 aromatic carbocycles. The molecule has 0 bridgehead atoms. The predicted molar refractivity (Wildman–Crippen MR) is 111 cm³/mol. The molecule has 2 N–H and O–H groups in total. The average Bonchev–Trinajstić information content (AvgIpc) is 2.73.